The molecule has 49 heavy (non-hydrogen) atoms. The zero-order valence-corrected chi connectivity index (χ0v) is 29.8. The first kappa shape index (κ1) is 36.0. The highest BCUT2D eigenvalue weighted by Crippen LogP contribution is 2.33. The van der Waals surface area contributed by atoms with Crippen molar-refractivity contribution in [2.24, 2.45) is 0 Å². The fraction of sp³-hybridized carbons (Fsp3) is 0.333. The lowest BCUT2D eigenvalue weighted by molar-refractivity contribution is -0.140. The molecule has 1 aliphatic rings. The Morgan fingerprint density at radius 2 is 1.45 bits per heavy atom. The minimum Gasteiger partial charge on any atom is -0.492 e. The van der Waals surface area contributed by atoms with Gasteiger partial charge in [-0.1, -0.05) is 92.1 Å². The summed E-state index contributed by atoms with van der Waals surface area (Å²) in [6.07, 6.45) is 7.22. The van der Waals surface area contributed by atoms with Gasteiger partial charge < -0.3 is 15.0 Å². The average Bonchev–Trinajstić information content (AvgIpc) is 3.13. The summed E-state index contributed by atoms with van der Waals surface area (Å²) in [5.41, 5.74) is 1.98. The SMILES string of the molecule is CCOc1ccccc1N(CC(=O)N(Cc1ccccc1)[C@@H](Cc1ccccc1)C(=O)NC1CCCCC1)S(=O)(=O)c1ccc(SC)cc1. The van der Waals surface area contributed by atoms with Gasteiger partial charge in [-0.3, -0.25) is 13.9 Å². The Hall–Kier alpha value is -4.28. The van der Waals surface area contributed by atoms with Crippen LogP contribution in [0.15, 0.2) is 119 Å². The topological polar surface area (TPSA) is 96.0 Å². The molecule has 1 aliphatic carbocycles. The van der Waals surface area contributed by atoms with E-state index < -0.39 is 28.5 Å². The van der Waals surface area contributed by atoms with Crippen LogP contribution in [-0.2, 0) is 32.6 Å². The summed E-state index contributed by atoms with van der Waals surface area (Å²) < 4.78 is 35.9. The second kappa shape index (κ2) is 17.4. The number of ether oxygens (including phenoxy) is 1. The van der Waals surface area contributed by atoms with Crippen LogP contribution in [0.2, 0.25) is 0 Å². The number of amides is 2. The summed E-state index contributed by atoms with van der Waals surface area (Å²) in [4.78, 5) is 31.6. The standard InChI is InChI=1S/C39H45N3O5S2/c1-3-47-37-22-14-13-21-35(37)42(49(45,46)34-25-23-33(48-2)24-26-34)29-38(43)41(28-31-17-9-5-10-18-31)36(27-30-15-7-4-8-16-30)39(44)40-32-19-11-6-12-20-32/h4-5,7-10,13-18,21-26,32,36H,3,6,11-12,19-20,27-29H2,1-2H3,(H,40,44)/t36-/m0/s1. The first-order chi connectivity index (χ1) is 23.8. The van der Waals surface area contributed by atoms with Crippen molar-refractivity contribution in [3.8, 4) is 5.75 Å². The summed E-state index contributed by atoms with van der Waals surface area (Å²) in [6.45, 7) is 1.72. The second-order valence-corrected chi connectivity index (χ2v) is 14.9. The van der Waals surface area contributed by atoms with E-state index in [1.54, 1.807) is 53.4 Å². The second-order valence-electron chi connectivity index (χ2n) is 12.1. The molecule has 5 rings (SSSR count). The molecule has 4 aromatic rings. The van der Waals surface area contributed by atoms with Crippen molar-refractivity contribution in [1.82, 2.24) is 10.2 Å². The van der Waals surface area contributed by atoms with E-state index in [0.29, 0.717) is 12.4 Å². The van der Waals surface area contributed by atoms with Crippen LogP contribution in [0.1, 0.15) is 50.2 Å². The fourth-order valence-corrected chi connectivity index (χ4v) is 8.04. The number of hydrogen-bond acceptors (Lipinski definition) is 6. The van der Waals surface area contributed by atoms with Gasteiger partial charge in [0.2, 0.25) is 11.8 Å². The van der Waals surface area contributed by atoms with Crippen LogP contribution in [0.4, 0.5) is 5.69 Å². The lowest BCUT2D eigenvalue weighted by Crippen LogP contribution is -2.55. The normalized spacial score (nSPS) is 14.1. The van der Waals surface area contributed by atoms with Gasteiger partial charge in [0, 0.05) is 23.9 Å². The number of sulfonamides is 1. The smallest absolute Gasteiger partial charge is 0.264 e. The zero-order valence-electron chi connectivity index (χ0n) is 28.2. The van der Waals surface area contributed by atoms with Crippen LogP contribution in [0.3, 0.4) is 0 Å². The summed E-state index contributed by atoms with van der Waals surface area (Å²) >= 11 is 1.51. The van der Waals surface area contributed by atoms with Crippen LogP contribution in [0, 0.1) is 0 Å². The van der Waals surface area contributed by atoms with Gasteiger partial charge >= 0.3 is 0 Å². The van der Waals surface area contributed by atoms with Gasteiger partial charge in [0.1, 0.15) is 18.3 Å². The Bertz CT molecular complexity index is 1760. The van der Waals surface area contributed by atoms with E-state index in [1.807, 2.05) is 73.8 Å². The molecule has 4 aromatic carbocycles. The largest absolute Gasteiger partial charge is 0.492 e. The summed E-state index contributed by atoms with van der Waals surface area (Å²) in [6, 6.07) is 31.7. The predicted molar refractivity (Wildman–Crippen MR) is 196 cm³/mol. The fourth-order valence-electron chi connectivity index (χ4n) is 6.21. The van der Waals surface area contributed by atoms with Crippen molar-refractivity contribution >= 4 is 39.3 Å². The number of carbonyl (C=O) groups excluding carboxylic acids is 2. The maximum atomic E-state index is 14.8. The van der Waals surface area contributed by atoms with Crippen molar-refractivity contribution in [2.75, 3.05) is 23.7 Å². The molecule has 8 nitrogen and oxygen atoms in total. The summed E-state index contributed by atoms with van der Waals surface area (Å²) in [5, 5.41) is 3.25. The quantitative estimate of drug-likeness (QED) is 0.133. The Labute approximate surface area is 294 Å². The Morgan fingerprint density at radius 3 is 2.08 bits per heavy atom. The minimum absolute atomic E-state index is 0.0346. The van der Waals surface area contributed by atoms with E-state index in [-0.39, 0.29) is 35.5 Å². The maximum absolute atomic E-state index is 14.8. The minimum atomic E-state index is -4.25. The van der Waals surface area contributed by atoms with E-state index in [2.05, 4.69) is 5.32 Å². The van der Waals surface area contributed by atoms with Gasteiger partial charge in [0.25, 0.3) is 10.0 Å². The Morgan fingerprint density at radius 1 is 0.837 bits per heavy atom. The van der Waals surface area contributed by atoms with Gasteiger partial charge in [-0.2, -0.15) is 0 Å². The molecule has 1 saturated carbocycles. The van der Waals surface area contributed by atoms with Crippen LogP contribution in [0.25, 0.3) is 0 Å². The molecule has 0 bridgehead atoms. The summed E-state index contributed by atoms with van der Waals surface area (Å²) in [5.74, 6) is -0.399. The van der Waals surface area contributed by atoms with E-state index in [9.17, 15) is 18.0 Å². The molecule has 10 heteroatoms. The third kappa shape index (κ3) is 9.45. The van der Waals surface area contributed by atoms with Crippen LogP contribution >= 0.6 is 11.8 Å². The molecule has 1 atom stereocenters. The number of thioether (sulfide) groups is 1. The van der Waals surface area contributed by atoms with Gasteiger partial charge in [-0.25, -0.2) is 8.42 Å². The Balaban J connectivity index is 1.58. The first-order valence-electron chi connectivity index (χ1n) is 16.9. The predicted octanol–water partition coefficient (Wildman–Crippen LogP) is 7.09. The monoisotopic (exact) mass is 699 g/mol. The molecule has 0 saturated heterocycles. The van der Waals surface area contributed by atoms with E-state index in [1.165, 1.54) is 11.8 Å². The average molecular weight is 700 g/mol. The molecular formula is C39H45N3O5S2. The number of para-hydroxylation sites is 2. The molecule has 0 aromatic heterocycles. The molecule has 258 valence electrons. The third-order valence-corrected chi connectivity index (χ3v) is 11.3. The molecule has 0 unspecified atom stereocenters. The number of nitrogens with zero attached hydrogens (tertiary/aromatic N) is 2. The number of hydrogen-bond donors (Lipinski definition) is 1. The number of nitrogens with one attached hydrogen (secondary N) is 1. The molecule has 1 N–H and O–H groups in total. The van der Waals surface area contributed by atoms with E-state index in [0.717, 1.165) is 52.4 Å². The van der Waals surface area contributed by atoms with Gasteiger partial charge in [0.05, 0.1) is 17.2 Å². The maximum Gasteiger partial charge on any atom is 0.264 e. The molecule has 0 aliphatic heterocycles. The highest BCUT2D eigenvalue weighted by molar-refractivity contribution is 7.98. The number of rotatable bonds is 15. The van der Waals surface area contributed by atoms with Crippen LogP contribution in [-0.4, -0.2) is 56.6 Å². The highest BCUT2D eigenvalue weighted by atomic mass is 32.2. The summed E-state index contributed by atoms with van der Waals surface area (Å²) in [7, 11) is -4.25. The van der Waals surface area contributed by atoms with Gasteiger partial charge in [0.15, 0.2) is 0 Å². The molecule has 1 fully saturated rings. The molecule has 2 amide bonds. The van der Waals surface area contributed by atoms with Crippen molar-refractivity contribution in [3.63, 3.8) is 0 Å². The van der Waals surface area contributed by atoms with Crippen molar-refractivity contribution < 1.29 is 22.7 Å². The van der Waals surface area contributed by atoms with Gasteiger partial charge in [-0.15, -0.1) is 11.8 Å². The third-order valence-electron chi connectivity index (χ3n) is 8.78. The van der Waals surface area contributed by atoms with Crippen LogP contribution in [0.5, 0.6) is 5.75 Å². The number of anilines is 1. The number of carbonyl (C=O) groups is 2. The van der Waals surface area contributed by atoms with Crippen LogP contribution < -0.4 is 14.4 Å². The lowest BCUT2D eigenvalue weighted by Gasteiger charge is -2.35. The van der Waals surface area contributed by atoms with Crippen molar-refractivity contribution in [2.45, 2.75) is 73.9 Å². The van der Waals surface area contributed by atoms with Gasteiger partial charge in [-0.05, 0) is 73.5 Å². The van der Waals surface area contributed by atoms with Crippen molar-refractivity contribution in [1.29, 1.82) is 0 Å². The van der Waals surface area contributed by atoms with E-state index in [4.69, 9.17) is 4.74 Å². The first-order valence-corrected chi connectivity index (χ1v) is 19.5. The highest BCUT2D eigenvalue weighted by Gasteiger charge is 2.36. The molecule has 0 radical (unpaired) electrons. The molecular weight excluding hydrogens is 655 g/mol. The molecule has 0 spiro atoms. The number of benzene rings is 4. The molecule has 0 heterocycles. The van der Waals surface area contributed by atoms with E-state index >= 15 is 0 Å². The zero-order chi connectivity index (χ0) is 34.6. The van der Waals surface area contributed by atoms with Crippen molar-refractivity contribution in [3.05, 3.63) is 120 Å². The lowest BCUT2D eigenvalue weighted by atomic mass is 9.94. The Kier molecular flexibility index (Phi) is 12.8.